The summed E-state index contributed by atoms with van der Waals surface area (Å²) in [6, 6.07) is 7.10. The Morgan fingerprint density at radius 3 is 2.67 bits per heavy atom. The van der Waals surface area contributed by atoms with E-state index in [1.54, 1.807) is 12.1 Å². The predicted octanol–water partition coefficient (Wildman–Crippen LogP) is 2.06. The van der Waals surface area contributed by atoms with Crippen molar-refractivity contribution in [2.24, 2.45) is 3.77 Å². The van der Waals surface area contributed by atoms with Crippen LogP contribution in [0.3, 0.4) is 0 Å². The van der Waals surface area contributed by atoms with Crippen molar-refractivity contribution < 1.29 is 17.1 Å². The van der Waals surface area contributed by atoms with Crippen LogP contribution in [0.5, 0.6) is 0 Å². The summed E-state index contributed by atoms with van der Waals surface area (Å²) in [7, 11) is -7.03. The van der Waals surface area contributed by atoms with E-state index in [9.17, 15) is 12.6 Å². The lowest BCUT2D eigenvalue weighted by Crippen LogP contribution is -2.07. The van der Waals surface area contributed by atoms with E-state index in [0.29, 0.717) is 11.3 Å². The van der Waals surface area contributed by atoms with Crippen molar-refractivity contribution in [2.45, 2.75) is 30.1 Å². The third kappa shape index (κ3) is 2.28. The molecule has 3 rings (SSSR count). The molecule has 2 heterocycles. The summed E-state index contributed by atoms with van der Waals surface area (Å²) >= 11 is 0. The molecule has 1 aromatic carbocycles. The second kappa shape index (κ2) is 4.67. The van der Waals surface area contributed by atoms with E-state index >= 15 is 0 Å². The average molecular weight is 326 g/mol. The van der Waals surface area contributed by atoms with E-state index in [4.69, 9.17) is 4.52 Å². The Bertz CT molecular complexity index is 915. The molecule has 1 atom stereocenters. The van der Waals surface area contributed by atoms with Crippen LogP contribution in [0, 0.1) is 13.8 Å². The summed E-state index contributed by atoms with van der Waals surface area (Å²) in [5.74, 6) is 0.375. The van der Waals surface area contributed by atoms with Gasteiger partial charge in [-0.1, -0.05) is 23.4 Å². The average Bonchev–Trinajstić information content (AvgIpc) is 2.91. The predicted molar refractivity (Wildman–Crippen MR) is 77.0 cm³/mol. The van der Waals surface area contributed by atoms with Gasteiger partial charge in [0.15, 0.2) is 10.7 Å². The first-order valence-electron chi connectivity index (χ1n) is 6.35. The number of sulfonamides is 1. The van der Waals surface area contributed by atoms with Gasteiger partial charge < -0.3 is 4.52 Å². The highest BCUT2D eigenvalue weighted by Crippen LogP contribution is 2.31. The molecule has 1 aromatic heterocycles. The Morgan fingerprint density at radius 1 is 1.29 bits per heavy atom. The van der Waals surface area contributed by atoms with Crippen LogP contribution in [-0.4, -0.2) is 23.5 Å². The molecule has 0 amide bonds. The SMILES string of the molecule is Cc1noc(C)c1S(=O)(=O)N=S1(=O)CCc2ccccc21. The Hall–Kier alpha value is -1.67. The summed E-state index contributed by atoms with van der Waals surface area (Å²) in [5, 5.41) is 3.62. The van der Waals surface area contributed by atoms with Gasteiger partial charge in [0.2, 0.25) is 0 Å². The Balaban J connectivity index is 2.22. The van der Waals surface area contributed by atoms with Gasteiger partial charge in [0.05, 0.1) is 14.6 Å². The van der Waals surface area contributed by atoms with E-state index in [1.807, 2.05) is 12.1 Å². The first-order valence-corrected chi connectivity index (χ1v) is 9.48. The number of hydrogen-bond donors (Lipinski definition) is 0. The van der Waals surface area contributed by atoms with E-state index in [-0.39, 0.29) is 22.1 Å². The van der Waals surface area contributed by atoms with Crippen LogP contribution in [0.4, 0.5) is 0 Å². The van der Waals surface area contributed by atoms with Gasteiger partial charge in [-0.15, -0.1) is 3.77 Å². The molecule has 0 saturated carbocycles. The van der Waals surface area contributed by atoms with Crippen molar-refractivity contribution in [1.82, 2.24) is 5.16 Å². The highest BCUT2D eigenvalue weighted by Gasteiger charge is 2.30. The molecule has 6 nitrogen and oxygen atoms in total. The van der Waals surface area contributed by atoms with E-state index in [1.165, 1.54) is 13.8 Å². The second-order valence-corrected chi connectivity index (χ2v) is 8.99. The van der Waals surface area contributed by atoms with E-state index in [2.05, 4.69) is 8.92 Å². The number of rotatable bonds is 2. The van der Waals surface area contributed by atoms with Crippen LogP contribution >= 0.6 is 0 Å². The Labute approximate surface area is 123 Å². The normalized spacial score (nSPS) is 21.2. The summed E-state index contributed by atoms with van der Waals surface area (Å²) in [5.41, 5.74) is 1.12. The van der Waals surface area contributed by atoms with Crippen molar-refractivity contribution >= 4 is 19.8 Å². The third-order valence-electron chi connectivity index (χ3n) is 3.41. The maximum atomic E-state index is 12.9. The number of nitrogens with zero attached hydrogens (tertiary/aromatic N) is 2. The molecule has 0 spiro atoms. The topological polar surface area (TPSA) is 89.6 Å². The summed E-state index contributed by atoms with van der Waals surface area (Å²) in [4.78, 5) is 0.426. The molecule has 21 heavy (non-hydrogen) atoms. The maximum absolute atomic E-state index is 12.9. The van der Waals surface area contributed by atoms with Crippen LogP contribution in [0.2, 0.25) is 0 Å². The highest BCUT2D eigenvalue weighted by molar-refractivity contribution is 8.03. The number of fused-ring (bicyclic) bond motifs is 1. The molecule has 0 fully saturated rings. The van der Waals surface area contributed by atoms with Crippen molar-refractivity contribution in [3.05, 3.63) is 41.3 Å². The summed E-state index contributed by atoms with van der Waals surface area (Å²) < 4.78 is 46.5. The van der Waals surface area contributed by atoms with Gasteiger partial charge in [-0.3, -0.25) is 0 Å². The lowest BCUT2D eigenvalue weighted by Gasteiger charge is -2.04. The fraction of sp³-hybridized carbons (Fsp3) is 0.308. The van der Waals surface area contributed by atoms with Crippen LogP contribution in [0.15, 0.2) is 42.3 Å². The third-order valence-corrected chi connectivity index (χ3v) is 8.10. The van der Waals surface area contributed by atoms with Gasteiger partial charge in [0.25, 0.3) is 10.0 Å². The van der Waals surface area contributed by atoms with Crippen molar-refractivity contribution in [3.8, 4) is 0 Å². The van der Waals surface area contributed by atoms with Crippen molar-refractivity contribution in [2.75, 3.05) is 5.75 Å². The molecule has 0 radical (unpaired) electrons. The molecule has 0 bridgehead atoms. The van der Waals surface area contributed by atoms with Crippen LogP contribution in [0.25, 0.3) is 0 Å². The quantitative estimate of drug-likeness (QED) is 0.842. The number of aromatic nitrogens is 1. The number of aryl methyl sites for hydroxylation is 3. The molecular formula is C13H14N2O4S2. The van der Waals surface area contributed by atoms with E-state index < -0.39 is 19.8 Å². The zero-order valence-electron chi connectivity index (χ0n) is 11.6. The lowest BCUT2D eigenvalue weighted by atomic mass is 10.2. The van der Waals surface area contributed by atoms with Crippen molar-refractivity contribution in [3.63, 3.8) is 0 Å². The van der Waals surface area contributed by atoms with Gasteiger partial charge in [-0.05, 0) is 31.9 Å². The number of hydrogen-bond acceptors (Lipinski definition) is 5. The summed E-state index contributed by atoms with van der Waals surface area (Å²) in [6.07, 6.45) is 0.565. The van der Waals surface area contributed by atoms with Crippen molar-refractivity contribution in [1.29, 1.82) is 0 Å². The van der Waals surface area contributed by atoms with E-state index in [0.717, 1.165) is 5.56 Å². The fourth-order valence-corrected chi connectivity index (χ4v) is 7.08. The molecular weight excluding hydrogens is 312 g/mol. The van der Waals surface area contributed by atoms with Crippen LogP contribution in [-0.2, 0) is 26.2 Å². The van der Waals surface area contributed by atoms with Gasteiger partial charge in [-0.25, -0.2) is 4.21 Å². The zero-order chi connectivity index (χ0) is 15.3. The highest BCUT2D eigenvalue weighted by atomic mass is 32.3. The second-order valence-electron chi connectivity index (χ2n) is 4.91. The smallest absolute Gasteiger partial charge is 0.295 e. The fourth-order valence-electron chi connectivity index (χ4n) is 2.50. The molecule has 1 aliphatic heterocycles. The van der Waals surface area contributed by atoms with Gasteiger partial charge >= 0.3 is 0 Å². The number of benzene rings is 1. The Morgan fingerprint density at radius 2 is 2.00 bits per heavy atom. The van der Waals surface area contributed by atoms with Gasteiger partial charge in [0, 0.05) is 5.75 Å². The largest absolute Gasteiger partial charge is 0.360 e. The minimum atomic E-state index is -4.07. The molecule has 1 aliphatic rings. The molecule has 112 valence electrons. The zero-order valence-corrected chi connectivity index (χ0v) is 13.2. The van der Waals surface area contributed by atoms with Crippen LogP contribution in [0.1, 0.15) is 17.0 Å². The first-order chi connectivity index (χ1) is 9.83. The standard InChI is InChI=1S/C13H14N2O4S2/c1-9-13(10(2)19-14-9)21(17,18)15-20(16)8-7-11-5-3-4-6-12(11)20/h3-6H,7-8H2,1-2H3. The molecule has 0 saturated heterocycles. The maximum Gasteiger partial charge on any atom is 0.295 e. The summed E-state index contributed by atoms with van der Waals surface area (Å²) in [6.45, 7) is 3.02. The molecule has 2 aromatic rings. The molecule has 0 N–H and O–H groups in total. The first kappa shape index (κ1) is 14.3. The molecule has 0 aliphatic carbocycles. The molecule has 1 unspecified atom stereocenters. The minimum absolute atomic E-state index is 0.0883. The van der Waals surface area contributed by atoms with Gasteiger partial charge in [0.1, 0.15) is 5.69 Å². The van der Waals surface area contributed by atoms with Gasteiger partial charge in [-0.2, -0.15) is 8.42 Å². The van der Waals surface area contributed by atoms with Crippen LogP contribution < -0.4 is 0 Å². The Kier molecular flexibility index (Phi) is 3.18. The molecule has 8 heteroatoms. The lowest BCUT2D eigenvalue weighted by molar-refractivity contribution is 0.390. The monoisotopic (exact) mass is 326 g/mol. The minimum Gasteiger partial charge on any atom is -0.360 e.